The van der Waals surface area contributed by atoms with Gasteiger partial charge in [-0.2, -0.15) is 5.10 Å². The van der Waals surface area contributed by atoms with Crippen LogP contribution in [0.3, 0.4) is 0 Å². The lowest BCUT2D eigenvalue weighted by molar-refractivity contribution is 0.253. The maximum absolute atomic E-state index is 6.48. The van der Waals surface area contributed by atoms with Crippen LogP contribution in [-0.4, -0.2) is 15.8 Å². The predicted molar refractivity (Wildman–Crippen MR) is 83.5 cm³/mol. The summed E-state index contributed by atoms with van der Waals surface area (Å²) in [6, 6.07) is 8.69. The number of rotatable bonds is 3. The van der Waals surface area contributed by atoms with E-state index in [-0.39, 0.29) is 6.04 Å². The molecule has 20 heavy (non-hydrogen) atoms. The van der Waals surface area contributed by atoms with E-state index in [1.165, 1.54) is 36.6 Å². The summed E-state index contributed by atoms with van der Waals surface area (Å²) in [4.78, 5) is 0. The molecule has 1 atom stereocenters. The number of hydrogen-bond acceptors (Lipinski definition) is 2. The second-order valence-corrected chi connectivity index (χ2v) is 6.48. The topological polar surface area (TPSA) is 43.8 Å². The van der Waals surface area contributed by atoms with Crippen LogP contribution in [0.1, 0.15) is 38.3 Å². The molecule has 1 saturated carbocycles. The van der Waals surface area contributed by atoms with Crippen LogP contribution >= 0.6 is 0 Å². The molecule has 1 aromatic carbocycles. The first kappa shape index (κ1) is 13.6. The third kappa shape index (κ3) is 2.59. The standard InChI is InChI=1S/C17H25N3/c1-12-7-9-13(10-8-12)15(18)11-16-14-5-3-4-6-17(14)20(2)19-16/h3-6,12-13,15H,7-11,18H2,1-2H3. The Morgan fingerprint density at radius 3 is 2.70 bits per heavy atom. The summed E-state index contributed by atoms with van der Waals surface area (Å²) in [6.07, 6.45) is 6.14. The number of aromatic nitrogens is 2. The summed E-state index contributed by atoms with van der Waals surface area (Å²) in [5.41, 5.74) is 8.84. The second kappa shape index (κ2) is 5.57. The Morgan fingerprint density at radius 1 is 1.25 bits per heavy atom. The van der Waals surface area contributed by atoms with Gasteiger partial charge in [0.25, 0.3) is 0 Å². The molecule has 0 saturated heterocycles. The molecule has 1 unspecified atom stereocenters. The van der Waals surface area contributed by atoms with Gasteiger partial charge in [0, 0.05) is 24.9 Å². The highest BCUT2D eigenvalue weighted by atomic mass is 15.3. The Bertz CT molecular complexity index is 579. The van der Waals surface area contributed by atoms with E-state index in [0.29, 0.717) is 5.92 Å². The fourth-order valence-electron chi connectivity index (χ4n) is 3.54. The van der Waals surface area contributed by atoms with Crippen LogP contribution in [0.2, 0.25) is 0 Å². The fraction of sp³-hybridized carbons (Fsp3) is 0.588. The third-order valence-corrected chi connectivity index (χ3v) is 4.93. The van der Waals surface area contributed by atoms with Gasteiger partial charge in [0.1, 0.15) is 0 Å². The minimum atomic E-state index is 0.251. The fourth-order valence-corrected chi connectivity index (χ4v) is 3.54. The van der Waals surface area contributed by atoms with Crippen LogP contribution in [0, 0.1) is 11.8 Å². The van der Waals surface area contributed by atoms with Gasteiger partial charge in [0.05, 0.1) is 11.2 Å². The number of aryl methyl sites for hydroxylation is 1. The summed E-state index contributed by atoms with van der Waals surface area (Å²) >= 11 is 0. The molecule has 1 heterocycles. The van der Waals surface area contributed by atoms with Gasteiger partial charge in [-0.05, 0) is 30.7 Å². The van der Waals surface area contributed by atoms with Crippen molar-refractivity contribution in [3.05, 3.63) is 30.0 Å². The maximum Gasteiger partial charge on any atom is 0.0718 e. The summed E-state index contributed by atoms with van der Waals surface area (Å²) < 4.78 is 1.97. The van der Waals surface area contributed by atoms with Crippen LogP contribution in [0.5, 0.6) is 0 Å². The van der Waals surface area contributed by atoms with Crippen LogP contribution < -0.4 is 5.73 Å². The van der Waals surface area contributed by atoms with Gasteiger partial charge in [-0.3, -0.25) is 4.68 Å². The van der Waals surface area contributed by atoms with Gasteiger partial charge >= 0.3 is 0 Å². The quantitative estimate of drug-likeness (QED) is 0.931. The van der Waals surface area contributed by atoms with E-state index >= 15 is 0 Å². The zero-order valence-electron chi connectivity index (χ0n) is 12.5. The highest BCUT2D eigenvalue weighted by Crippen LogP contribution is 2.31. The van der Waals surface area contributed by atoms with E-state index in [1.807, 2.05) is 11.7 Å². The van der Waals surface area contributed by atoms with E-state index in [2.05, 4.69) is 36.3 Å². The van der Waals surface area contributed by atoms with Gasteiger partial charge in [-0.15, -0.1) is 0 Å². The minimum absolute atomic E-state index is 0.251. The number of para-hydroxylation sites is 1. The number of fused-ring (bicyclic) bond motifs is 1. The second-order valence-electron chi connectivity index (χ2n) is 6.48. The molecule has 2 N–H and O–H groups in total. The predicted octanol–water partition coefficient (Wildman–Crippen LogP) is 3.27. The summed E-state index contributed by atoms with van der Waals surface area (Å²) in [5, 5.41) is 5.94. The molecule has 0 spiro atoms. The van der Waals surface area contributed by atoms with Gasteiger partial charge < -0.3 is 5.73 Å². The smallest absolute Gasteiger partial charge is 0.0718 e. The molecule has 1 aromatic heterocycles. The van der Waals surface area contributed by atoms with Gasteiger partial charge in [-0.25, -0.2) is 0 Å². The molecule has 0 aliphatic heterocycles. The zero-order chi connectivity index (χ0) is 14.1. The van der Waals surface area contributed by atoms with Crippen molar-refractivity contribution < 1.29 is 0 Å². The van der Waals surface area contributed by atoms with Crippen molar-refractivity contribution in [3.8, 4) is 0 Å². The summed E-state index contributed by atoms with van der Waals surface area (Å²) in [6.45, 7) is 2.36. The highest BCUT2D eigenvalue weighted by molar-refractivity contribution is 5.81. The van der Waals surface area contributed by atoms with Gasteiger partial charge in [0.2, 0.25) is 0 Å². The molecule has 3 heteroatoms. The van der Waals surface area contributed by atoms with E-state index in [0.717, 1.165) is 18.0 Å². The molecule has 1 fully saturated rings. The average Bonchev–Trinajstić information content (AvgIpc) is 2.77. The summed E-state index contributed by atoms with van der Waals surface area (Å²) in [5.74, 6) is 1.56. The molecule has 2 aromatic rings. The molecule has 0 amide bonds. The lowest BCUT2D eigenvalue weighted by Gasteiger charge is -2.30. The molecule has 108 valence electrons. The lowest BCUT2D eigenvalue weighted by Crippen LogP contribution is -2.34. The van der Waals surface area contributed by atoms with Crippen molar-refractivity contribution in [1.29, 1.82) is 0 Å². The van der Waals surface area contributed by atoms with Crippen LogP contribution in [-0.2, 0) is 13.5 Å². The van der Waals surface area contributed by atoms with Gasteiger partial charge in [0.15, 0.2) is 0 Å². The van der Waals surface area contributed by atoms with Crippen molar-refractivity contribution in [2.75, 3.05) is 0 Å². The van der Waals surface area contributed by atoms with Crippen molar-refractivity contribution in [2.24, 2.45) is 24.6 Å². The average molecular weight is 271 g/mol. The monoisotopic (exact) mass is 271 g/mol. The highest BCUT2D eigenvalue weighted by Gasteiger charge is 2.25. The zero-order valence-corrected chi connectivity index (χ0v) is 12.5. The largest absolute Gasteiger partial charge is 0.327 e. The van der Waals surface area contributed by atoms with Crippen molar-refractivity contribution in [1.82, 2.24) is 9.78 Å². The van der Waals surface area contributed by atoms with E-state index < -0.39 is 0 Å². The normalized spacial score (nSPS) is 24.9. The molecular formula is C17H25N3. The SMILES string of the molecule is CC1CCC(C(N)Cc2nn(C)c3ccccc23)CC1. The van der Waals surface area contributed by atoms with Crippen LogP contribution in [0.25, 0.3) is 10.9 Å². The van der Waals surface area contributed by atoms with Crippen molar-refractivity contribution in [2.45, 2.75) is 45.1 Å². The molecular weight excluding hydrogens is 246 g/mol. The Morgan fingerprint density at radius 2 is 1.95 bits per heavy atom. The van der Waals surface area contributed by atoms with Crippen LogP contribution in [0.4, 0.5) is 0 Å². The number of hydrogen-bond donors (Lipinski definition) is 1. The first-order valence-corrected chi connectivity index (χ1v) is 7.81. The number of nitrogens with two attached hydrogens (primary N) is 1. The van der Waals surface area contributed by atoms with E-state index in [9.17, 15) is 0 Å². The Kier molecular flexibility index (Phi) is 3.79. The summed E-state index contributed by atoms with van der Waals surface area (Å²) in [7, 11) is 2.01. The lowest BCUT2D eigenvalue weighted by atomic mass is 9.78. The van der Waals surface area contributed by atoms with E-state index in [1.54, 1.807) is 0 Å². The number of nitrogens with zero attached hydrogens (tertiary/aromatic N) is 2. The Hall–Kier alpha value is -1.35. The Balaban J connectivity index is 1.76. The minimum Gasteiger partial charge on any atom is -0.327 e. The van der Waals surface area contributed by atoms with E-state index in [4.69, 9.17) is 5.73 Å². The number of benzene rings is 1. The molecule has 1 aliphatic rings. The Labute approximate surface area is 121 Å². The molecule has 0 radical (unpaired) electrons. The molecule has 3 nitrogen and oxygen atoms in total. The first-order valence-electron chi connectivity index (χ1n) is 7.81. The molecule has 1 aliphatic carbocycles. The first-order chi connectivity index (χ1) is 9.65. The third-order valence-electron chi connectivity index (χ3n) is 4.93. The maximum atomic E-state index is 6.48. The molecule has 0 bridgehead atoms. The molecule has 3 rings (SSSR count). The van der Waals surface area contributed by atoms with Crippen molar-refractivity contribution >= 4 is 10.9 Å². The van der Waals surface area contributed by atoms with Crippen LogP contribution in [0.15, 0.2) is 24.3 Å². The van der Waals surface area contributed by atoms with Crippen molar-refractivity contribution in [3.63, 3.8) is 0 Å². The van der Waals surface area contributed by atoms with Gasteiger partial charge in [-0.1, -0.05) is 38.0 Å².